The van der Waals surface area contributed by atoms with E-state index in [1.807, 2.05) is 54.6 Å². The lowest BCUT2D eigenvalue weighted by molar-refractivity contribution is 1.60. The van der Waals surface area contributed by atoms with E-state index in [-0.39, 0.29) is 10.9 Å². The molecule has 0 saturated carbocycles. The molecule has 0 fully saturated rings. The molecule has 0 unspecified atom stereocenters. The standard InChI is InChI=1S/C30H10Br4O2/c31-19-10-18-24-23-16(30(36)25(18)28(34)27(19)33)6-5-11-9-17-12-3-1-2-4-13(12)29(35)15-8-7-14(26(24)32)22(20(11)23)21(15)17/h1-10H. The van der Waals surface area contributed by atoms with Crippen molar-refractivity contribution in [2.24, 2.45) is 0 Å². The number of hydrogen-bond acceptors (Lipinski definition) is 2. The van der Waals surface area contributed by atoms with E-state index in [1.54, 1.807) is 0 Å². The van der Waals surface area contributed by atoms with E-state index in [4.69, 9.17) is 0 Å². The maximum absolute atomic E-state index is 13.9. The lowest BCUT2D eigenvalue weighted by atomic mass is 9.84. The Hall–Kier alpha value is -2.38. The number of hydrogen-bond donors (Lipinski definition) is 0. The van der Waals surface area contributed by atoms with Gasteiger partial charge in [0.05, 0.1) is 0 Å². The summed E-state index contributed by atoms with van der Waals surface area (Å²) in [6.45, 7) is 0. The minimum Gasteiger partial charge on any atom is -0.289 e. The highest BCUT2D eigenvalue weighted by molar-refractivity contribution is 9.14. The Morgan fingerprint density at radius 3 is 1.89 bits per heavy atom. The molecule has 2 nitrogen and oxygen atoms in total. The molecule has 0 atom stereocenters. The van der Waals surface area contributed by atoms with Crippen LogP contribution in [0.3, 0.4) is 0 Å². The van der Waals surface area contributed by atoms with Crippen LogP contribution >= 0.6 is 63.7 Å². The van der Waals surface area contributed by atoms with Gasteiger partial charge in [-0.25, -0.2) is 0 Å². The molecule has 170 valence electrons. The second kappa shape index (κ2) is 7.13. The van der Waals surface area contributed by atoms with Gasteiger partial charge in [-0.2, -0.15) is 0 Å². The van der Waals surface area contributed by atoms with E-state index in [0.717, 1.165) is 77.1 Å². The Kier molecular flexibility index (Phi) is 4.30. The number of halogens is 4. The lowest BCUT2D eigenvalue weighted by Gasteiger charge is -2.20. The Morgan fingerprint density at radius 2 is 1.08 bits per heavy atom. The molecule has 0 N–H and O–H groups in total. The van der Waals surface area contributed by atoms with Crippen molar-refractivity contribution in [3.8, 4) is 0 Å². The summed E-state index contributed by atoms with van der Waals surface area (Å²) in [4.78, 5) is 27.5. The molecule has 8 rings (SSSR count). The van der Waals surface area contributed by atoms with Crippen molar-refractivity contribution in [1.82, 2.24) is 0 Å². The summed E-state index contributed by atoms with van der Waals surface area (Å²) < 4.78 is 3.33. The summed E-state index contributed by atoms with van der Waals surface area (Å²) in [6.07, 6.45) is 0. The Bertz CT molecular complexity index is 2400. The topological polar surface area (TPSA) is 34.1 Å². The predicted molar refractivity (Wildman–Crippen MR) is 166 cm³/mol. The number of rotatable bonds is 0. The van der Waals surface area contributed by atoms with Crippen molar-refractivity contribution in [3.63, 3.8) is 0 Å². The van der Waals surface area contributed by atoms with Crippen LogP contribution in [0.4, 0.5) is 0 Å². The van der Waals surface area contributed by atoms with Crippen molar-refractivity contribution in [2.45, 2.75) is 0 Å². The zero-order chi connectivity index (χ0) is 24.6. The van der Waals surface area contributed by atoms with Gasteiger partial charge >= 0.3 is 0 Å². The van der Waals surface area contributed by atoms with Crippen LogP contribution in [0.15, 0.2) is 88.1 Å². The van der Waals surface area contributed by atoms with Gasteiger partial charge in [0.15, 0.2) is 10.9 Å². The van der Waals surface area contributed by atoms with Gasteiger partial charge in [-0.3, -0.25) is 9.59 Å². The van der Waals surface area contributed by atoms with E-state index in [1.165, 1.54) is 0 Å². The second-order valence-electron chi connectivity index (χ2n) is 9.22. The monoisotopic (exact) mass is 718 g/mol. The molecule has 8 aromatic carbocycles. The van der Waals surface area contributed by atoms with Gasteiger partial charge in [-0.15, -0.1) is 0 Å². The minimum atomic E-state index is -0.0172. The summed E-state index contributed by atoms with van der Waals surface area (Å²) in [5.74, 6) is 0. The van der Waals surface area contributed by atoms with E-state index in [0.29, 0.717) is 16.2 Å². The van der Waals surface area contributed by atoms with Gasteiger partial charge in [0.2, 0.25) is 0 Å². The fourth-order valence-electron chi connectivity index (χ4n) is 6.12. The average Bonchev–Trinajstić information content (AvgIpc) is 2.89. The van der Waals surface area contributed by atoms with Crippen molar-refractivity contribution in [3.05, 3.63) is 99.0 Å². The molecule has 0 heterocycles. The molecule has 0 amide bonds. The van der Waals surface area contributed by atoms with Crippen LogP contribution in [0.5, 0.6) is 0 Å². The number of benzene rings is 8. The third-order valence-corrected chi connectivity index (χ3v) is 11.7. The highest BCUT2D eigenvalue weighted by Gasteiger charge is 2.25. The molecule has 0 bridgehead atoms. The number of fused-ring (bicyclic) bond motifs is 4. The lowest BCUT2D eigenvalue weighted by Crippen LogP contribution is -2.07. The van der Waals surface area contributed by atoms with Crippen LogP contribution in [0.25, 0.3) is 75.4 Å². The average molecular weight is 722 g/mol. The van der Waals surface area contributed by atoms with E-state index in [9.17, 15) is 9.59 Å². The van der Waals surface area contributed by atoms with Crippen molar-refractivity contribution < 1.29 is 0 Å². The third-order valence-electron chi connectivity index (χ3n) is 7.58. The van der Waals surface area contributed by atoms with Gasteiger partial charge in [0.25, 0.3) is 0 Å². The predicted octanol–water partition coefficient (Wildman–Crippen LogP) is 9.84. The smallest absolute Gasteiger partial charge is 0.195 e. The molecule has 0 saturated heterocycles. The van der Waals surface area contributed by atoms with Crippen molar-refractivity contribution >= 4 is 139 Å². The second-order valence-corrected chi connectivity index (χ2v) is 12.5. The Morgan fingerprint density at radius 1 is 0.417 bits per heavy atom. The van der Waals surface area contributed by atoms with Gasteiger partial charge in [-0.1, -0.05) is 36.4 Å². The summed E-state index contributed by atoms with van der Waals surface area (Å²) in [5, 5.41) is 12.7. The fourth-order valence-corrected chi connectivity index (χ4v) is 8.47. The van der Waals surface area contributed by atoms with E-state index in [2.05, 4.69) is 69.8 Å². The van der Waals surface area contributed by atoms with Gasteiger partial charge in [-0.05, 0) is 126 Å². The molecule has 8 aromatic rings. The normalized spacial score (nSPS) is 12.7. The third kappa shape index (κ3) is 2.42. The zero-order valence-corrected chi connectivity index (χ0v) is 24.4. The molecule has 36 heavy (non-hydrogen) atoms. The summed E-state index contributed by atoms with van der Waals surface area (Å²) in [5.41, 5.74) is 0.0233. The van der Waals surface area contributed by atoms with Crippen LogP contribution < -0.4 is 10.9 Å². The first kappa shape index (κ1) is 21.7. The van der Waals surface area contributed by atoms with Crippen LogP contribution in [-0.2, 0) is 0 Å². The molecular weight excluding hydrogens is 712 g/mol. The summed E-state index contributed by atoms with van der Waals surface area (Å²) in [6, 6.07) is 20.0. The summed E-state index contributed by atoms with van der Waals surface area (Å²) in [7, 11) is 0. The molecule has 0 aliphatic carbocycles. The SMILES string of the molecule is O=c1c2ccccc2c2cc3ccc4c(=O)c5c(Br)c(Br)c(Br)cc5c5c(Br)c6ccc1c2c6c3c45. The molecule has 0 aliphatic heterocycles. The van der Waals surface area contributed by atoms with Crippen LogP contribution in [0.2, 0.25) is 0 Å². The first-order valence-electron chi connectivity index (χ1n) is 11.2. The highest BCUT2D eigenvalue weighted by Crippen LogP contribution is 2.50. The Balaban J connectivity index is 1.80. The maximum Gasteiger partial charge on any atom is 0.195 e. The van der Waals surface area contributed by atoms with Gasteiger partial charge < -0.3 is 0 Å². The summed E-state index contributed by atoms with van der Waals surface area (Å²) >= 11 is 14.9. The largest absolute Gasteiger partial charge is 0.289 e. The van der Waals surface area contributed by atoms with Crippen LogP contribution in [0.1, 0.15) is 0 Å². The van der Waals surface area contributed by atoms with E-state index < -0.39 is 0 Å². The van der Waals surface area contributed by atoms with Crippen LogP contribution in [-0.4, -0.2) is 0 Å². The molecular formula is C30H10Br4O2. The Labute approximate surface area is 236 Å². The first-order chi connectivity index (χ1) is 17.4. The molecule has 0 aromatic heterocycles. The minimum absolute atomic E-state index is 0.0172. The fraction of sp³-hybridized carbons (Fsp3) is 0. The molecule has 0 aliphatic rings. The highest BCUT2D eigenvalue weighted by atomic mass is 79.9. The quantitative estimate of drug-likeness (QED) is 0.0888. The van der Waals surface area contributed by atoms with Crippen molar-refractivity contribution in [1.29, 1.82) is 0 Å². The van der Waals surface area contributed by atoms with Crippen LogP contribution in [0, 0.1) is 0 Å². The molecule has 6 heteroatoms. The first-order valence-corrected chi connectivity index (χ1v) is 14.4. The van der Waals surface area contributed by atoms with Gasteiger partial charge in [0, 0.05) is 55.6 Å². The van der Waals surface area contributed by atoms with Crippen molar-refractivity contribution in [2.75, 3.05) is 0 Å². The maximum atomic E-state index is 13.9. The molecule has 0 radical (unpaired) electrons. The van der Waals surface area contributed by atoms with E-state index >= 15 is 0 Å². The van der Waals surface area contributed by atoms with Gasteiger partial charge in [0.1, 0.15) is 0 Å². The zero-order valence-electron chi connectivity index (χ0n) is 18.1. The molecule has 0 spiro atoms.